The van der Waals surface area contributed by atoms with Crippen LogP contribution in [0.2, 0.25) is 0 Å². The quantitative estimate of drug-likeness (QED) is 0.744. The van der Waals surface area contributed by atoms with Crippen LogP contribution in [0.1, 0.15) is 39.0 Å². The third-order valence-corrected chi connectivity index (χ3v) is 3.97. The predicted octanol–water partition coefficient (Wildman–Crippen LogP) is 1.31. The SMILES string of the molecule is CC1CCC(NC2CCN(C(N)=O)CC2)C1. The van der Waals surface area contributed by atoms with Crippen LogP contribution in [0.25, 0.3) is 0 Å². The number of carbonyl (C=O) groups excluding carboxylic acids is 1. The number of carbonyl (C=O) groups is 1. The van der Waals surface area contributed by atoms with Crippen molar-refractivity contribution in [2.24, 2.45) is 11.7 Å². The molecule has 1 saturated heterocycles. The molecule has 4 heteroatoms. The van der Waals surface area contributed by atoms with E-state index >= 15 is 0 Å². The molecule has 2 rings (SSSR count). The summed E-state index contributed by atoms with van der Waals surface area (Å²) in [6, 6.07) is 1.03. The maximum absolute atomic E-state index is 11.0. The largest absolute Gasteiger partial charge is 0.351 e. The second-order valence-electron chi connectivity index (χ2n) is 5.38. The minimum atomic E-state index is -0.270. The summed E-state index contributed by atoms with van der Waals surface area (Å²) >= 11 is 0. The van der Waals surface area contributed by atoms with E-state index in [0.717, 1.165) is 31.8 Å². The molecule has 0 aromatic carbocycles. The molecule has 2 unspecified atom stereocenters. The first-order chi connectivity index (χ1) is 7.65. The van der Waals surface area contributed by atoms with Crippen LogP contribution in [-0.2, 0) is 0 Å². The minimum Gasteiger partial charge on any atom is -0.351 e. The fourth-order valence-corrected chi connectivity index (χ4v) is 2.96. The number of hydrogen-bond acceptors (Lipinski definition) is 2. The summed E-state index contributed by atoms with van der Waals surface area (Å²) in [4.78, 5) is 12.7. The lowest BCUT2D eigenvalue weighted by molar-refractivity contribution is 0.182. The molecule has 1 heterocycles. The molecule has 0 aromatic heterocycles. The van der Waals surface area contributed by atoms with Gasteiger partial charge in [-0.15, -0.1) is 0 Å². The molecule has 92 valence electrons. The Kier molecular flexibility index (Phi) is 3.69. The van der Waals surface area contributed by atoms with E-state index in [2.05, 4.69) is 12.2 Å². The average molecular weight is 225 g/mol. The van der Waals surface area contributed by atoms with Crippen LogP contribution in [-0.4, -0.2) is 36.1 Å². The third-order valence-electron chi connectivity index (χ3n) is 3.97. The predicted molar refractivity (Wildman–Crippen MR) is 64.1 cm³/mol. The van der Waals surface area contributed by atoms with Crippen molar-refractivity contribution in [1.29, 1.82) is 0 Å². The zero-order valence-corrected chi connectivity index (χ0v) is 10.1. The number of likely N-dealkylation sites (tertiary alicyclic amines) is 1. The van der Waals surface area contributed by atoms with E-state index in [-0.39, 0.29) is 6.03 Å². The Morgan fingerprint density at radius 3 is 2.38 bits per heavy atom. The number of piperidine rings is 1. The number of nitrogens with one attached hydrogen (secondary N) is 1. The number of nitrogens with two attached hydrogens (primary N) is 1. The van der Waals surface area contributed by atoms with E-state index in [4.69, 9.17) is 5.73 Å². The van der Waals surface area contributed by atoms with Gasteiger partial charge in [-0.2, -0.15) is 0 Å². The van der Waals surface area contributed by atoms with Crippen molar-refractivity contribution >= 4 is 6.03 Å². The smallest absolute Gasteiger partial charge is 0.314 e. The summed E-state index contributed by atoms with van der Waals surface area (Å²) in [6.07, 6.45) is 6.09. The van der Waals surface area contributed by atoms with Crippen LogP contribution in [0.4, 0.5) is 4.79 Å². The van der Waals surface area contributed by atoms with Gasteiger partial charge in [0.25, 0.3) is 0 Å². The second kappa shape index (κ2) is 5.04. The Labute approximate surface area is 97.6 Å². The van der Waals surface area contributed by atoms with Crippen LogP contribution in [0, 0.1) is 5.92 Å². The van der Waals surface area contributed by atoms with Gasteiger partial charge in [-0.1, -0.05) is 6.92 Å². The second-order valence-corrected chi connectivity index (χ2v) is 5.38. The molecule has 2 fully saturated rings. The van der Waals surface area contributed by atoms with Gasteiger partial charge in [0.15, 0.2) is 0 Å². The van der Waals surface area contributed by atoms with Crippen LogP contribution in [0.15, 0.2) is 0 Å². The van der Waals surface area contributed by atoms with E-state index < -0.39 is 0 Å². The molecule has 16 heavy (non-hydrogen) atoms. The standard InChI is InChI=1S/C12H23N3O/c1-9-2-3-11(8-9)14-10-4-6-15(7-5-10)12(13)16/h9-11,14H,2-8H2,1H3,(H2,13,16). The fourth-order valence-electron chi connectivity index (χ4n) is 2.96. The molecule has 0 spiro atoms. The lowest BCUT2D eigenvalue weighted by Gasteiger charge is -2.33. The Bertz CT molecular complexity index is 249. The molecule has 1 aliphatic heterocycles. The monoisotopic (exact) mass is 225 g/mol. The fraction of sp³-hybridized carbons (Fsp3) is 0.917. The number of amides is 2. The Morgan fingerprint density at radius 2 is 1.88 bits per heavy atom. The van der Waals surface area contributed by atoms with E-state index in [1.54, 1.807) is 4.90 Å². The van der Waals surface area contributed by atoms with Gasteiger partial charge in [0.2, 0.25) is 0 Å². The van der Waals surface area contributed by atoms with Gasteiger partial charge in [-0.3, -0.25) is 0 Å². The highest BCUT2D eigenvalue weighted by Crippen LogP contribution is 2.25. The summed E-state index contributed by atoms with van der Waals surface area (Å²) in [5.41, 5.74) is 5.26. The van der Waals surface area contributed by atoms with Gasteiger partial charge in [0, 0.05) is 25.2 Å². The molecule has 2 aliphatic rings. The molecule has 1 aliphatic carbocycles. The summed E-state index contributed by atoms with van der Waals surface area (Å²) in [7, 11) is 0. The number of hydrogen-bond donors (Lipinski definition) is 2. The van der Waals surface area contributed by atoms with Crippen LogP contribution < -0.4 is 11.1 Å². The average Bonchev–Trinajstić information content (AvgIpc) is 2.65. The highest BCUT2D eigenvalue weighted by atomic mass is 16.2. The molecule has 1 saturated carbocycles. The lowest BCUT2D eigenvalue weighted by atomic mass is 10.0. The Morgan fingerprint density at radius 1 is 1.19 bits per heavy atom. The summed E-state index contributed by atoms with van der Waals surface area (Å²) < 4.78 is 0. The van der Waals surface area contributed by atoms with Gasteiger partial charge >= 0.3 is 6.03 Å². The molecule has 0 bridgehead atoms. The lowest BCUT2D eigenvalue weighted by Crippen LogP contribution is -2.48. The van der Waals surface area contributed by atoms with Crippen LogP contribution in [0.3, 0.4) is 0 Å². The topological polar surface area (TPSA) is 58.4 Å². The zero-order valence-electron chi connectivity index (χ0n) is 10.1. The molecule has 4 nitrogen and oxygen atoms in total. The van der Waals surface area contributed by atoms with Gasteiger partial charge in [-0.05, 0) is 38.0 Å². The third kappa shape index (κ3) is 2.88. The molecule has 2 atom stereocenters. The molecule has 0 radical (unpaired) electrons. The minimum absolute atomic E-state index is 0.270. The summed E-state index contributed by atoms with van der Waals surface area (Å²) in [5.74, 6) is 0.878. The van der Waals surface area contributed by atoms with Gasteiger partial charge in [0.05, 0.1) is 0 Å². The van der Waals surface area contributed by atoms with E-state index in [1.165, 1.54) is 19.3 Å². The number of nitrogens with zero attached hydrogens (tertiary/aromatic N) is 1. The summed E-state index contributed by atoms with van der Waals surface area (Å²) in [6.45, 7) is 3.96. The molecule has 2 amide bonds. The molecule has 3 N–H and O–H groups in total. The maximum atomic E-state index is 11.0. The van der Waals surface area contributed by atoms with Crippen molar-refractivity contribution in [2.45, 2.75) is 51.1 Å². The number of primary amides is 1. The van der Waals surface area contributed by atoms with E-state index in [9.17, 15) is 4.79 Å². The first-order valence-corrected chi connectivity index (χ1v) is 6.45. The van der Waals surface area contributed by atoms with Gasteiger partial charge in [0.1, 0.15) is 0 Å². The molecule has 0 aromatic rings. The zero-order chi connectivity index (χ0) is 11.5. The van der Waals surface area contributed by atoms with Crippen molar-refractivity contribution in [1.82, 2.24) is 10.2 Å². The first-order valence-electron chi connectivity index (χ1n) is 6.45. The van der Waals surface area contributed by atoms with Gasteiger partial charge in [-0.25, -0.2) is 4.79 Å². The van der Waals surface area contributed by atoms with Crippen LogP contribution >= 0.6 is 0 Å². The molecular weight excluding hydrogens is 202 g/mol. The Balaban J connectivity index is 1.71. The Hall–Kier alpha value is -0.770. The van der Waals surface area contributed by atoms with E-state index in [1.807, 2.05) is 0 Å². The van der Waals surface area contributed by atoms with Crippen molar-refractivity contribution in [3.63, 3.8) is 0 Å². The van der Waals surface area contributed by atoms with Crippen LogP contribution in [0.5, 0.6) is 0 Å². The van der Waals surface area contributed by atoms with Crippen molar-refractivity contribution in [3.05, 3.63) is 0 Å². The van der Waals surface area contributed by atoms with Crippen molar-refractivity contribution in [2.75, 3.05) is 13.1 Å². The normalized spacial score (nSPS) is 31.9. The number of rotatable bonds is 2. The molecular formula is C12H23N3O. The van der Waals surface area contributed by atoms with E-state index in [0.29, 0.717) is 12.1 Å². The highest BCUT2D eigenvalue weighted by molar-refractivity contribution is 5.72. The summed E-state index contributed by atoms with van der Waals surface area (Å²) in [5, 5.41) is 3.73. The maximum Gasteiger partial charge on any atom is 0.314 e. The number of urea groups is 1. The van der Waals surface area contributed by atoms with Crippen molar-refractivity contribution < 1.29 is 4.79 Å². The first kappa shape index (κ1) is 11.7. The highest BCUT2D eigenvalue weighted by Gasteiger charge is 2.26. The van der Waals surface area contributed by atoms with Crippen molar-refractivity contribution in [3.8, 4) is 0 Å². The van der Waals surface area contributed by atoms with Gasteiger partial charge < -0.3 is 16.0 Å².